The zero-order valence-corrected chi connectivity index (χ0v) is 7.60. The number of hydrogen-bond acceptors (Lipinski definition) is 4. The van der Waals surface area contributed by atoms with Gasteiger partial charge in [0.25, 0.3) is 0 Å². The van der Waals surface area contributed by atoms with Gasteiger partial charge in [0.1, 0.15) is 0 Å². The van der Waals surface area contributed by atoms with Crippen molar-refractivity contribution in [3.8, 4) is 0 Å². The molecule has 2 heterocycles. The molecule has 0 spiro atoms. The summed E-state index contributed by atoms with van der Waals surface area (Å²) in [5, 5.41) is 8.66. The van der Waals surface area contributed by atoms with E-state index in [1.165, 1.54) is 6.07 Å². The van der Waals surface area contributed by atoms with Crippen LogP contribution in [0.5, 0.6) is 0 Å². The Labute approximate surface area is 80.9 Å². The third-order valence-electron chi connectivity index (χ3n) is 2.13. The number of hydrogen-bond donors (Lipinski definition) is 1. The molecule has 0 unspecified atom stereocenters. The summed E-state index contributed by atoms with van der Waals surface area (Å²) in [6, 6.07) is 3.14. The van der Waals surface area contributed by atoms with Crippen LogP contribution in [0.25, 0.3) is 0 Å². The number of furan rings is 1. The molecule has 5 heteroatoms. The molecular formula is C9H11NO4. The van der Waals surface area contributed by atoms with Gasteiger partial charge >= 0.3 is 5.97 Å². The zero-order valence-electron chi connectivity index (χ0n) is 7.60. The summed E-state index contributed by atoms with van der Waals surface area (Å²) < 4.78 is 10.3. The SMILES string of the molecule is O=C(O)c1ccc(N2CCOCC2)o1. The molecule has 0 aromatic carbocycles. The van der Waals surface area contributed by atoms with Gasteiger partial charge in [-0.25, -0.2) is 4.79 Å². The van der Waals surface area contributed by atoms with Crippen LogP contribution < -0.4 is 4.90 Å². The number of carbonyl (C=O) groups is 1. The average molecular weight is 197 g/mol. The number of nitrogens with zero attached hydrogens (tertiary/aromatic N) is 1. The molecular weight excluding hydrogens is 186 g/mol. The molecule has 1 aliphatic heterocycles. The first kappa shape index (κ1) is 9.08. The molecule has 1 fully saturated rings. The molecule has 1 aromatic rings. The maximum atomic E-state index is 10.6. The van der Waals surface area contributed by atoms with Crippen molar-refractivity contribution in [2.75, 3.05) is 31.2 Å². The van der Waals surface area contributed by atoms with Gasteiger partial charge in [0.05, 0.1) is 13.2 Å². The Morgan fingerprint density at radius 1 is 1.36 bits per heavy atom. The van der Waals surface area contributed by atoms with Gasteiger partial charge in [0.2, 0.25) is 5.76 Å². The quantitative estimate of drug-likeness (QED) is 0.760. The molecule has 1 aromatic heterocycles. The van der Waals surface area contributed by atoms with Crippen molar-refractivity contribution in [1.29, 1.82) is 0 Å². The van der Waals surface area contributed by atoms with Gasteiger partial charge < -0.3 is 19.2 Å². The van der Waals surface area contributed by atoms with E-state index in [1.807, 2.05) is 4.90 Å². The van der Waals surface area contributed by atoms with Gasteiger partial charge in [-0.05, 0) is 6.07 Å². The van der Waals surface area contributed by atoms with Crippen molar-refractivity contribution >= 4 is 11.9 Å². The molecule has 0 bridgehead atoms. The van der Waals surface area contributed by atoms with Gasteiger partial charge in [-0.15, -0.1) is 0 Å². The second-order valence-corrected chi connectivity index (χ2v) is 3.04. The molecule has 0 aliphatic carbocycles. The standard InChI is InChI=1S/C9H11NO4/c11-9(12)7-1-2-8(14-7)10-3-5-13-6-4-10/h1-2H,3-6H2,(H,11,12). The number of anilines is 1. The molecule has 0 radical (unpaired) electrons. The molecule has 1 aliphatic rings. The van der Waals surface area contributed by atoms with E-state index in [1.54, 1.807) is 6.07 Å². The highest BCUT2D eigenvalue weighted by atomic mass is 16.5. The fourth-order valence-corrected chi connectivity index (χ4v) is 1.40. The van der Waals surface area contributed by atoms with Gasteiger partial charge in [0.15, 0.2) is 5.88 Å². The minimum Gasteiger partial charge on any atom is -0.475 e. The van der Waals surface area contributed by atoms with Crippen molar-refractivity contribution in [3.63, 3.8) is 0 Å². The Hall–Kier alpha value is -1.49. The van der Waals surface area contributed by atoms with Crippen molar-refractivity contribution < 1.29 is 19.1 Å². The third kappa shape index (κ3) is 1.72. The number of rotatable bonds is 2. The van der Waals surface area contributed by atoms with Crippen molar-refractivity contribution in [1.82, 2.24) is 0 Å². The van der Waals surface area contributed by atoms with Gasteiger partial charge in [0, 0.05) is 19.2 Å². The first-order valence-corrected chi connectivity index (χ1v) is 4.43. The third-order valence-corrected chi connectivity index (χ3v) is 2.13. The maximum absolute atomic E-state index is 10.6. The van der Waals surface area contributed by atoms with E-state index in [-0.39, 0.29) is 5.76 Å². The topological polar surface area (TPSA) is 62.9 Å². The summed E-state index contributed by atoms with van der Waals surface area (Å²) in [6.45, 7) is 2.80. The molecule has 2 rings (SSSR count). The lowest BCUT2D eigenvalue weighted by molar-refractivity contribution is 0.0662. The molecule has 14 heavy (non-hydrogen) atoms. The lowest BCUT2D eigenvalue weighted by Gasteiger charge is -2.26. The Kier molecular flexibility index (Phi) is 2.41. The lowest BCUT2D eigenvalue weighted by atomic mass is 10.4. The lowest BCUT2D eigenvalue weighted by Crippen LogP contribution is -2.35. The second-order valence-electron chi connectivity index (χ2n) is 3.04. The number of aromatic carboxylic acids is 1. The largest absolute Gasteiger partial charge is 0.475 e. The summed E-state index contributed by atoms with van der Waals surface area (Å²) in [7, 11) is 0. The summed E-state index contributed by atoms with van der Waals surface area (Å²) in [5.74, 6) is -0.457. The fourth-order valence-electron chi connectivity index (χ4n) is 1.40. The first-order valence-electron chi connectivity index (χ1n) is 4.43. The first-order chi connectivity index (χ1) is 6.77. The van der Waals surface area contributed by atoms with Crippen molar-refractivity contribution in [2.45, 2.75) is 0 Å². The summed E-state index contributed by atoms with van der Waals surface area (Å²) >= 11 is 0. The van der Waals surface area contributed by atoms with Crippen LogP contribution in [0.3, 0.4) is 0 Å². The average Bonchev–Trinajstić information content (AvgIpc) is 2.68. The van der Waals surface area contributed by atoms with Crippen LogP contribution >= 0.6 is 0 Å². The van der Waals surface area contributed by atoms with E-state index in [0.29, 0.717) is 19.1 Å². The van der Waals surface area contributed by atoms with E-state index < -0.39 is 5.97 Å². The Bertz CT molecular complexity index is 327. The molecule has 76 valence electrons. The molecule has 0 saturated carbocycles. The number of morpholine rings is 1. The second kappa shape index (κ2) is 3.71. The van der Waals surface area contributed by atoms with Crippen molar-refractivity contribution in [3.05, 3.63) is 17.9 Å². The van der Waals surface area contributed by atoms with Gasteiger partial charge in [-0.3, -0.25) is 0 Å². The Balaban J connectivity index is 2.11. The van der Waals surface area contributed by atoms with Crippen LogP contribution in [0.15, 0.2) is 16.5 Å². The van der Waals surface area contributed by atoms with E-state index in [4.69, 9.17) is 14.3 Å². The summed E-state index contributed by atoms with van der Waals surface area (Å²) in [6.07, 6.45) is 0. The van der Waals surface area contributed by atoms with Crippen LogP contribution in [-0.4, -0.2) is 37.4 Å². The van der Waals surface area contributed by atoms with E-state index >= 15 is 0 Å². The van der Waals surface area contributed by atoms with Crippen LogP contribution in [0.2, 0.25) is 0 Å². The molecule has 1 saturated heterocycles. The minimum atomic E-state index is -1.04. The minimum absolute atomic E-state index is 0.0218. The Morgan fingerprint density at radius 3 is 2.64 bits per heavy atom. The highest BCUT2D eigenvalue weighted by molar-refractivity contribution is 5.84. The van der Waals surface area contributed by atoms with Crippen LogP contribution in [0.4, 0.5) is 5.88 Å². The molecule has 1 N–H and O–H groups in total. The van der Waals surface area contributed by atoms with E-state index in [2.05, 4.69) is 0 Å². The molecule has 0 amide bonds. The van der Waals surface area contributed by atoms with E-state index in [0.717, 1.165) is 13.1 Å². The monoisotopic (exact) mass is 197 g/mol. The zero-order chi connectivity index (χ0) is 9.97. The highest BCUT2D eigenvalue weighted by Gasteiger charge is 2.16. The van der Waals surface area contributed by atoms with Crippen LogP contribution in [0, 0.1) is 0 Å². The van der Waals surface area contributed by atoms with Gasteiger partial charge in [-0.2, -0.15) is 0 Å². The van der Waals surface area contributed by atoms with E-state index in [9.17, 15) is 4.79 Å². The van der Waals surface area contributed by atoms with Crippen molar-refractivity contribution in [2.24, 2.45) is 0 Å². The summed E-state index contributed by atoms with van der Waals surface area (Å²) in [4.78, 5) is 12.5. The maximum Gasteiger partial charge on any atom is 0.371 e. The number of carboxylic acids is 1. The fraction of sp³-hybridized carbons (Fsp3) is 0.444. The van der Waals surface area contributed by atoms with Crippen LogP contribution in [0.1, 0.15) is 10.6 Å². The smallest absolute Gasteiger partial charge is 0.371 e. The normalized spacial score (nSPS) is 17.0. The Morgan fingerprint density at radius 2 is 2.07 bits per heavy atom. The summed E-state index contributed by atoms with van der Waals surface area (Å²) in [5.41, 5.74) is 0. The number of ether oxygens (including phenoxy) is 1. The molecule has 5 nitrogen and oxygen atoms in total. The highest BCUT2D eigenvalue weighted by Crippen LogP contribution is 2.19. The van der Waals surface area contributed by atoms with Gasteiger partial charge in [-0.1, -0.05) is 0 Å². The number of carboxylic acid groups (broad SMARTS) is 1. The van der Waals surface area contributed by atoms with Crippen LogP contribution in [-0.2, 0) is 4.74 Å². The molecule has 0 atom stereocenters. The predicted molar refractivity (Wildman–Crippen MR) is 48.7 cm³/mol. The predicted octanol–water partition coefficient (Wildman–Crippen LogP) is 0.814.